The molecule has 2 nitrogen and oxygen atoms in total. The Morgan fingerprint density at radius 1 is 1.33 bits per heavy atom. The van der Waals surface area contributed by atoms with Crippen molar-refractivity contribution in [1.82, 2.24) is 0 Å². The summed E-state index contributed by atoms with van der Waals surface area (Å²) in [6, 6.07) is 5.92. The van der Waals surface area contributed by atoms with Crippen LogP contribution in [-0.4, -0.2) is 30.9 Å². The van der Waals surface area contributed by atoms with E-state index in [1.807, 2.05) is 30.0 Å². The molecule has 0 aromatic heterocycles. The van der Waals surface area contributed by atoms with Gasteiger partial charge in [0.15, 0.2) is 6.29 Å². The van der Waals surface area contributed by atoms with E-state index in [-0.39, 0.29) is 0 Å². The normalized spacial score (nSPS) is 16.5. The summed E-state index contributed by atoms with van der Waals surface area (Å²) in [5.74, 6) is 2.38. The lowest BCUT2D eigenvalue weighted by Gasteiger charge is -2.28. The second-order valence-corrected chi connectivity index (χ2v) is 5.50. The topological polar surface area (TPSA) is 20.3 Å². The second-order valence-electron chi connectivity index (χ2n) is 3.42. The van der Waals surface area contributed by atoms with Crippen LogP contribution in [0.4, 0.5) is 5.69 Å². The van der Waals surface area contributed by atoms with E-state index in [0.717, 1.165) is 23.8 Å². The molecule has 2 rings (SSSR count). The zero-order valence-corrected chi connectivity index (χ0v) is 10.7. The fourth-order valence-electron chi connectivity index (χ4n) is 1.63. The number of hydrogen-bond donors (Lipinski definition) is 0. The Morgan fingerprint density at radius 3 is 2.67 bits per heavy atom. The molecule has 1 aliphatic heterocycles. The lowest BCUT2D eigenvalue weighted by atomic mass is 10.2. The summed E-state index contributed by atoms with van der Waals surface area (Å²) in [4.78, 5) is 13.0. The molecule has 0 radical (unpaired) electrons. The monoisotopic (exact) mass is 285 g/mol. The van der Waals surface area contributed by atoms with Crippen molar-refractivity contribution in [3.05, 3.63) is 28.2 Å². The molecular formula is C11H12BrNOS. The number of nitrogens with zero attached hydrogens (tertiary/aromatic N) is 1. The molecule has 15 heavy (non-hydrogen) atoms. The highest BCUT2D eigenvalue weighted by atomic mass is 79.9. The molecule has 1 saturated heterocycles. The molecule has 0 N–H and O–H groups in total. The van der Waals surface area contributed by atoms with Crippen LogP contribution in [0, 0.1) is 0 Å². The van der Waals surface area contributed by atoms with Crippen molar-refractivity contribution >= 4 is 39.7 Å². The van der Waals surface area contributed by atoms with Gasteiger partial charge in [0.2, 0.25) is 0 Å². The molecule has 0 spiro atoms. The van der Waals surface area contributed by atoms with Crippen LogP contribution in [0.3, 0.4) is 0 Å². The molecule has 0 atom stereocenters. The minimum absolute atomic E-state index is 0.713. The zero-order chi connectivity index (χ0) is 10.7. The number of carbonyl (C=O) groups is 1. The standard InChI is InChI=1S/C11H12BrNOS/c12-11-7-10(2-1-9(11)8-14)13-3-5-15-6-4-13/h1-2,7-8H,3-6H2. The van der Waals surface area contributed by atoms with Gasteiger partial charge in [0.25, 0.3) is 0 Å². The Bertz CT molecular complexity index is 364. The average Bonchev–Trinajstić information content (AvgIpc) is 2.30. The van der Waals surface area contributed by atoms with Gasteiger partial charge in [-0.2, -0.15) is 11.8 Å². The lowest BCUT2D eigenvalue weighted by Crippen LogP contribution is -2.32. The van der Waals surface area contributed by atoms with E-state index in [9.17, 15) is 4.79 Å². The number of hydrogen-bond acceptors (Lipinski definition) is 3. The summed E-state index contributed by atoms with van der Waals surface area (Å²) >= 11 is 5.41. The largest absolute Gasteiger partial charge is 0.370 e. The van der Waals surface area contributed by atoms with E-state index >= 15 is 0 Å². The summed E-state index contributed by atoms with van der Waals surface area (Å²) in [6.07, 6.45) is 0.875. The number of anilines is 1. The summed E-state index contributed by atoms with van der Waals surface area (Å²) in [5, 5.41) is 0. The lowest BCUT2D eigenvalue weighted by molar-refractivity contribution is 0.112. The first-order valence-electron chi connectivity index (χ1n) is 4.88. The zero-order valence-electron chi connectivity index (χ0n) is 8.28. The summed E-state index contributed by atoms with van der Waals surface area (Å²) in [6.45, 7) is 2.19. The first-order chi connectivity index (χ1) is 7.31. The van der Waals surface area contributed by atoms with Crippen molar-refractivity contribution in [2.75, 3.05) is 29.5 Å². The van der Waals surface area contributed by atoms with Gasteiger partial charge >= 0.3 is 0 Å². The SMILES string of the molecule is O=Cc1ccc(N2CCSCC2)cc1Br. The number of thioether (sulfide) groups is 1. The molecule has 0 saturated carbocycles. The minimum Gasteiger partial charge on any atom is -0.370 e. The van der Waals surface area contributed by atoms with Crippen LogP contribution < -0.4 is 4.90 Å². The third-order valence-corrected chi connectivity index (χ3v) is 4.12. The van der Waals surface area contributed by atoms with E-state index in [0.29, 0.717) is 5.56 Å². The predicted molar refractivity (Wildman–Crippen MR) is 69.1 cm³/mol. The third kappa shape index (κ3) is 2.55. The molecule has 0 bridgehead atoms. The van der Waals surface area contributed by atoms with Gasteiger partial charge in [-0.05, 0) is 34.1 Å². The van der Waals surface area contributed by atoms with Crippen molar-refractivity contribution < 1.29 is 4.79 Å². The quantitative estimate of drug-likeness (QED) is 0.780. The Balaban J connectivity index is 2.21. The minimum atomic E-state index is 0.713. The van der Waals surface area contributed by atoms with Crippen LogP contribution >= 0.6 is 27.7 Å². The average molecular weight is 286 g/mol. The smallest absolute Gasteiger partial charge is 0.151 e. The van der Waals surface area contributed by atoms with E-state index in [2.05, 4.69) is 20.8 Å². The van der Waals surface area contributed by atoms with E-state index < -0.39 is 0 Å². The fourth-order valence-corrected chi connectivity index (χ4v) is 2.99. The van der Waals surface area contributed by atoms with Crippen LogP contribution in [-0.2, 0) is 0 Å². The van der Waals surface area contributed by atoms with Crippen molar-refractivity contribution in [2.45, 2.75) is 0 Å². The van der Waals surface area contributed by atoms with Crippen molar-refractivity contribution in [1.29, 1.82) is 0 Å². The van der Waals surface area contributed by atoms with Crippen LogP contribution in [0.5, 0.6) is 0 Å². The second kappa shape index (κ2) is 5.03. The summed E-state index contributed by atoms with van der Waals surface area (Å²) in [5.41, 5.74) is 1.91. The number of halogens is 1. The maximum atomic E-state index is 10.7. The van der Waals surface area contributed by atoms with Gasteiger partial charge < -0.3 is 4.90 Å². The van der Waals surface area contributed by atoms with Crippen LogP contribution in [0.2, 0.25) is 0 Å². The van der Waals surface area contributed by atoms with Crippen molar-refractivity contribution in [3.8, 4) is 0 Å². The Labute approximate surface area is 102 Å². The first-order valence-corrected chi connectivity index (χ1v) is 6.83. The Hall–Kier alpha value is -0.480. The first kappa shape index (κ1) is 11.0. The maximum Gasteiger partial charge on any atom is 0.151 e. The maximum absolute atomic E-state index is 10.7. The van der Waals surface area contributed by atoms with Crippen LogP contribution in [0.1, 0.15) is 10.4 Å². The summed E-state index contributed by atoms with van der Waals surface area (Å²) in [7, 11) is 0. The van der Waals surface area contributed by atoms with E-state index in [1.165, 1.54) is 17.2 Å². The molecule has 0 unspecified atom stereocenters. The number of rotatable bonds is 2. The molecule has 4 heteroatoms. The molecule has 1 heterocycles. The molecule has 0 aliphatic carbocycles. The highest BCUT2D eigenvalue weighted by Crippen LogP contribution is 2.25. The highest BCUT2D eigenvalue weighted by molar-refractivity contribution is 9.10. The predicted octanol–water partition coefficient (Wildman–Crippen LogP) is 2.81. The van der Waals surface area contributed by atoms with Crippen LogP contribution in [0.25, 0.3) is 0 Å². The van der Waals surface area contributed by atoms with Gasteiger partial charge in [-0.15, -0.1) is 0 Å². The molecule has 80 valence electrons. The van der Waals surface area contributed by atoms with Gasteiger partial charge in [0, 0.05) is 40.3 Å². The van der Waals surface area contributed by atoms with Gasteiger partial charge in [-0.3, -0.25) is 4.79 Å². The van der Waals surface area contributed by atoms with Crippen LogP contribution in [0.15, 0.2) is 22.7 Å². The Morgan fingerprint density at radius 2 is 2.07 bits per heavy atom. The summed E-state index contributed by atoms with van der Waals surface area (Å²) < 4.78 is 0.883. The van der Waals surface area contributed by atoms with Crippen molar-refractivity contribution in [3.63, 3.8) is 0 Å². The van der Waals surface area contributed by atoms with E-state index in [4.69, 9.17) is 0 Å². The highest BCUT2D eigenvalue weighted by Gasteiger charge is 2.11. The number of carbonyl (C=O) groups excluding carboxylic acids is 1. The molecule has 0 amide bonds. The van der Waals surface area contributed by atoms with Crippen molar-refractivity contribution in [2.24, 2.45) is 0 Å². The molecule has 1 aromatic rings. The molecule has 1 aromatic carbocycles. The van der Waals surface area contributed by atoms with Gasteiger partial charge in [-0.1, -0.05) is 0 Å². The molecule has 1 aliphatic rings. The van der Waals surface area contributed by atoms with Gasteiger partial charge in [0.1, 0.15) is 0 Å². The fraction of sp³-hybridized carbons (Fsp3) is 0.364. The van der Waals surface area contributed by atoms with E-state index in [1.54, 1.807) is 0 Å². The number of benzene rings is 1. The number of aldehydes is 1. The van der Waals surface area contributed by atoms with Gasteiger partial charge in [-0.25, -0.2) is 0 Å². The molecular weight excluding hydrogens is 274 g/mol. The van der Waals surface area contributed by atoms with Gasteiger partial charge in [0.05, 0.1) is 0 Å². The Kier molecular flexibility index (Phi) is 3.70. The third-order valence-electron chi connectivity index (χ3n) is 2.49. The molecule has 1 fully saturated rings.